The van der Waals surface area contributed by atoms with Gasteiger partial charge in [-0.05, 0) is 35.9 Å². The average Bonchev–Trinajstić information content (AvgIpc) is 3.15. The van der Waals surface area contributed by atoms with Crippen LogP contribution in [0.4, 0.5) is 0 Å². The lowest BCUT2D eigenvalue weighted by atomic mass is 10.1. The van der Waals surface area contributed by atoms with Gasteiger partial charge in [0.25, 0.3) is 5.91 Å². The highest BCUT2D eigenvalue weighted by Crippen LogP contribution is 2.33. The van der Waals surface area contributed by atoms with Gasteiger partial charge in [0.05, 0.1) is 0 Å². The summed E-state index contributed by atoms with van der Waals surface area (Å²) in [5, 5.41) is 2.74. The molecule has 0 unspecified atom stereocenters. The van der Waals surface area contributed by atoms with Crippen molar-refractivity contribution in [2.45, 2.75) is 0 Å². The van der Waals surface area contributed by atoms with E-state index in [0.29, 0.717) is 23.0 Å². The Balaban J connectivity index is 1.67. The maximum absolute atomic E-state index is 12.0. The van der Waals surface area contributed by atoms with Gasteiger partial charge >= 0.3 is 0 Å². The molecule has 22 heavy (non-hydrogen) atoms. The maximum Gasteiger partial charge on any atom is 0.275 e. The van der Waals surface area contributed by atoms with Gasteiger partial charge in [0, 0.05) is 18.0 Å². The lowest BCUT2D eigenvalue weighted by molar-refractivity contribution is -0.115. The summed E-state index contributed by atoms with van der Waals surface area (Å²) in [6.07, 6.45) is 5.04. The first kappa shape index (κ1) is 12.6. The minimum absolute atomic E-state index is 0.221. The van der Waals surface area contributed by atoms with E-state index in [4.69, 9.17) is 9.47 Å². The Bertz CT molecular complexity index is 813. The molecule has 1 aromatic carbocycles. The van der Waals surface area contributed by atoms with Gasteiger partial charge in [0.1, 0.15) is 11.5 Å². The molecule has 0 saturated carbocycles. The summed E-state index contributed by atoms with van der Waals surface area (Å²) in [6, 6.07) is 9.12. The van der Waals surface area contributed by atoms with E-state index in [9.17, 15) is 4.79 Å². The van der Waals surface area contributed by atoms with Crippen LogP contribution in [0.1, 0.15) is 11.1 Å². The zero-order valence-electron chi connectivity index (χ0n) is 11.4. The number of pyridine rings is 1. The van der Waals surface area contributed by atoms with Gasteiger partial charge in [-0.1, -0.05) is 6.07 Å². The summed E-state index contributed by atoms with van der Waals surface area (Å²) in [5.41, 5.74) is 1.94. The molecule has 0 bridgehead atoms. The molecule has 0 aliphatic carbocycles. The van der Waals surface area contributed by atoms with Crippen LogP contribution in [0, 0.1) is 0 Å². The Kier molecular flexibility index (Phi) is 2.86. The van der Waals surface area contributed by atoms with Crippen LogP contribution in [0.2, 0.25) is 0 Å². The molecule has 1 aromatic heterocycles. The second-order valence-corrected chi connectivity index (χ2v) is 4.80. The molecule has 0 fully saturated rings. The Labute approximate surface area is 126 Å². The van der Waals surface area contributed by atoms with E-state index in [-0.39, 0.29) is 12.7 Å². The first-order chi connectivity index (χ1) is 10.8. The zero-order valence-corrected chi connectivity index (χ0v) is 11.4. The molecule has 0 saturated heterocycles. The highest BCUT2D eigenvalue weighted by Gasteiger charge is 2.21. The molecule has 1 amide bonds. The fourth-order valence-corrected chi connectivity index (χ4v) is 2.27. The van der Waals surface area contributed by atoms with Crippen molar-refractivity contribution in [2.75, 3.05) is 6.79 Å². The summed E-state index contributed by atoms with van der Waals surface area (Å²) < 4.78 is 10.6. The molecule has 4 rings (SSSR count). The van der Waals surface area contributed by atoms with E-state index in [1.807, 2.05) is 24.3 Å². The van der Waals surface area contributed by atoms with Crippen LogP contribution in [-0.2, 0) is 4.79 Å². The molecule has 6 heteroatoms. The number of amidine groups is 1. The number of rotatable bonds is 2. The van der Waals surface area contributed by atoms with E-state index in [0.717, 1.165) is 11.1 Å². The minimum Gasteiger partial charge on any atom is -0.454 e. The van der Waals surface area contributed by atoms with Crippen LogP contribution in [-0.4, -0.2) is 23.5 Å². The van der Waals surface area contributed by atoms with Gasteiger partial charge < -0.3 is 14.8 Å². The van der Waals surface area contributed by atoms with E-state index < -0.39 is 0 Å². The molecule has 108 valence electrons. The standard InChI is InChI=1S/C16H11N3O3/c20-16-12(18-15(19-16)11-2-1-5-17-8-11)6-10-3-4-13-14(7-10)22-9-21-13/h1-8H,9H2,(H,18,19,20)/b12-6+. The molecule has 0 radical (unpaired) electrons. The zero-order chi connectivity index (χ0) is 14.9. The average molecular weight is 293 g/mol. The number of amides is 1. The van der Waals surface area contributed by atoms with Gasteiger partial charge in [0.15, 0.2) is 11.5 Å². The number of nitrogens with zero attached hydrogens (tertiary/aromatic N) is 2. The van der Waals surface area contributed by atoms with Gasteiger partial charge in [-0.2, -0.15) is 0 Å². The Morgan fingerprint density at radius 3 is 2.95 bits per heavy atom. The Hall–Kier alpha value is -3.15. The van der Waals surface area contributed by atoms with Gasteiger partial charge in [-0.15, -0.1) is 0 Å². The lowest BCUT2D eigenvalue weighted by Crippen LogP contribution is -2.24. The highest BCUT2D eigenvalue weighted by atomic mass is 16.7. The smallest absolute Gasteiger partial charge is 0.275 e. The van der Waals surface area contributed by atoms with E-state index in [2.05, 4.69) is 15.3 Å². The predicted molar refractivity (Wildman–Crippen MR) is 79.5 cm³/mol. The molecule has 1 N–H and O–H groups in total. The summed E-state index contributed by atoms with van der Waals surface area (Å²) in [5.74, 6) is 1.64. The third-order valence-electron chi connectivity index (χ3n) is 3.33. The molecule has 0 spiro atoms. The lowest BCUT2D eigenvalue weighted by Gasteiger charge is -1.98. The quantitative estimate of drug-likeness (QED) is 0.856. The maximum atomic E-state index is 12.0. The van der Waals surface area contributed by atoms with Gasteiger partial charge in [-0.3, -0.25) is 9.78 Å². The highest BCUT2D eigenvalue weighted by molar-refractivity contribution is 6.19. The van der Waals surface area contributed by atoms with E-state index >= 15 is 0 Å². The van der Waals surface area contributed by atoms with Crippen LogP contribution in [0.3, 0.4) is 0 Å². The Morgan fingerprint density at radius 1 is 1.18 bits per heavy atom. The Morgan fingerprint density at radius 2 is 2.09 bits per heavy atom. The molecule has 2 aromatic rings. The molecular weight excluding hydrogens is 282 g/mol. The van der Waals surface area contributed by atoms with Crippen LogP contribution < -0.4 is 14.8 Å². The third kappa shape index (κ3) is 2.20. The SMILES string of the molecule is O=C1NC(c2cccnc2)=N/C1=C/c1ccc2c(c1)OCO2. The van der Waals surface area contributed by atoms with Gasteiger partial charge in [-0.25, -0.2) is 4.99 Å². The fraction of sp³-hybridized carbons (Fsp3) is 0.0625. The van der Waals surface area contributed by atoms with E-state index in [1.165, 1.54) is 0 Å². The second kappa shape index (κ2) is 5.00. The van der Waals surface area contributed by atoms with Crippen molar-refractivity contribution < 1.29 is 14.3 Å². The molecule has 3 heterocycles. The first-order valence-corrected chi connectivity index (χ1v) is 6.71. The van der Waals surface area contributed by atoms with Crippen molar-refractivity contribution in [3.05, 3.63) is 59.5 Å². The topological polar surface area (TPSA) is 72.8 Å². The molecule has 6 nitrogen and oxygen atoms in total. The van der Waals surface area contributed by atoms with Crippen molar-refractivity contribution >= 4 is 17.8 Å². The fourth-order valence-electron chi connectivity index (χ4n) is 2.27. The number of nitrogens with one attached hydrogen (secondary N) is 1. The van der Waals surface area contributed by atoms with Crippen molar-refractivity contribution in [2.24, 2.45) is 4.99 Å². The number of fused-ring (bicyclic) bond motifs is 1. The summed E-state index contributed by atoms with van der Waals surface area (Å²) in [4.78, 5) is 20.4. The van der Waals surface area contributed by atoms with Crippen molar-refractivity contribution in [3.63, 3.8) is 0 Å². The molecular formula is C16H11N3O3. The summed E-state index contributed by atoms with van der Waals surface area (Å²) in [6.45, 7) is 0.221. The van der Waals surface area contributed by atoms with Crippen LogP contribution in [0.15, 0.2) is 53.4 Å². The largest absolute Gasteiger partial charge is 0.454 e. The normalized spacial score (nSPS) is 17.5. The van der Waals surface area contributed by atoms with Crippen molar-refractivity contribution in [1.82, 2.24) is 10.3 Å². The first-order valence-electron chi connectivity index (χ1n) is 6.71. The molecule has 2 aliphatic heterocycles. The predicted octanol–water partition coefficient (Wildman–Crippen LogP) is 1.73. The second-order valence-electron chi connectivity index (χ2n) is 4.80. The van der Waals surface area contributed by atoms with Crippen LogP contribution >= 0.6 is 0 Å². The monoisotopic (exact) mass is 293 g/mol. The van der Waals surface area contributed by atoms with Gasteiger partial charge in [0.2, 0.25) is 6.79 Å². The molecule has 0 atom stereocenters. The van der Waals surface area contributed by atoms with Crippen LogP contribution in [0.25, 0.3) is 6.08 Å². The molecule has 2 aliphatic rings. The minimum atomic E-state index is -0.239. The van der Waals surface area contributed by atoms with Crippen LogP contribution in [0.5, 0.6) is 11.5 Å². The number of carbonyl (C=O) groups is 1. The number of benzene rings is 1. The summed E-state index contributed by atoms with van der Waals surface area (Å²) in [7, 11) is 0. The number of hydrogen-bond donors (Lipinski definition) is 1. The third-order valence-corrected chi connectivity index (χ3v) is 3.33. The van der Waals surface area contributed by atoms with Crippen molar-refractivity contribution in [1.29, 1.82) is 0 Å². The van der Waals surface area contributed by atoms with E-state index in [1.54, 1.807) is 24.5 Å². The number of ether oxygens (including phenoxy) is 2. The number of carbonyl (C=O) groups excluding carboxylic acids is 1. The summed E-state index contributed by atoms with van der Waals surface area (Å²) >= 11 is 0. The number of hydrogen-bond acceptors (Lipinski definition) is 5. The number of aromatic nitrogens is 1. The van der Waals surface area contributed by atoms with Crippen molar-refractivity contribution in [3.8, 4) is 11.5 Å². The number of aliphatic imine (C=N–C) groups is 1.